The zero-order chi connectivity index (χ0) is 19.3. The van der Waals surface area contributed by atoms with E-state index in [1.165, 1.54) is 21.1 Å². The smallest absolute Gasteiger partial charge is 0.255 e. The molecule has 7 heteroatoms. The van der Waals surface area contributed by atoms with Crippen molar-refractivity contribution in [1.29, 1.82) is 0 Å². The predicted octanol–water partition coefficient (Wildman–Crippen LogP) is 2.98. The maximum absolute atomic E-state index is 12.5. The average molecular weight is 357 g/mol. The molecular weight excluding hydrogens is 334 g/mol. The van der Waals surface area contributed by atoms with E-state index in [1.807, 2.05) is 31.1 Å². The first kappa shape index (κ1) is 19.1. The first-order chi connectivity index (χ1) is 12.3. The van der Waals surface area contributed by atoms with Crippen molar-refractivity contribution in [3.05, 3.63) is 42.0 Å². The number of carbonyl (C=O) groups excluding carboxylic acids is 2. The van der Waals surface area contributed by atoms with Crippen LogP contribution in [0.4, 0.5) is 17.1 Å². The summed E-state index contributed by atoms with van der Waals surface area (Å²) in [7, 11) is 6.84. The van der Waals surface area contributed by atoms with Gasteiger partial charge in [-0.15, -0.1) is 0 Å². The lowest BCUT2D eigenvalue weighted by molar-refractivity contribution is -0.114. The van der Waals surface area contributed by atoms with Crippen molar-refractivity contribution in [3.8, 4) is 11.5 Å². The van der Waals surface area contributed by atoms with Gasteiger partial charge in [-0.25, -0.2) is 0 Å². The maximum Gasteiger partial charge on any atom is 0.255 e. The van der Waals surface area contributed by atoms with Crippen LogP contribution in [0.25, 0.3) is 0 Å². The van der Waals surface area contributed by atoms with E-state index in [0.29, 0.717) is 28.4 Å². The molecule has 0 spiro atoms. The molecular formula is C19H23N3O4. The summed E-state index contributed by atoms with van der Waals surface area (Å²) in [4.78, 5) is 25.8. The van der Waals surface area contributed by atoms with Crippen LogP contribution in [0, 0.1) is 0 Å². The fourth-order valence-corrected chi connectivity index (χ4v) is 2.39. The number of ether oxygens (including phenoxy) is 2. The van der Waals surface area contributed by atoms with E-state index in [-0.39, 0.29) is 11.8 Å². The summed E-state index contributed by atoms with van der Waals surface area (Å²) >= 11 is 0. The SMILES string of the molecule is COc1cc(NC(=O)c2ccc(N(C)C)cc2)c(OC)cc1NC(C)=O. The molecule has 0 aliphatic rings. The van der Waals surface area contributed by atoms with Crippen LogP contribution in [0.3, 0.4) is 0 Å². The molecule has 0 aromatic heterocycles. The average Bonchev–Trinajstić information content (AvgIpc) is 2.62. The number of nitrogens with zero attached hydrogens (tertiary/aromatic N) is 1. The molecule has 2 aromatic rings. The molecule has 0 aliphatic carbocycles. The molecule has 7 nitrogen and oxygen atoms in total. The summed E-state index contributed by atoms with van der Waals surface area (Å²) in [6.45, 7) is 1.40. The third-order valence-electron chi connectivity index (χ3n) is 3.73. The van der Waals surface area contributed by atoms with E-state index in [2.05, 4.69) is 10.6 Å². The molecule has 0 heterocycles. The Morgan fingerprint density at radius 1 is 0.885 bits per heavy atom. The zero-order valence-corrected chi connectivity index (χ0v) is 15.5. The van der Waals surface area contributed by atoms with Crippen molar-refractivity contribution in [2.45, 2.75) is 6.92 Å². The Morgan fingerprint density at radius 3 is 1.81 bits per heavy atom. The molecule has 2 amide bonds. The maximum atomic E-state index is 12.5. The van der Waals surface area contributed by atoms with Crippen molar-refractivity contribution in [2.24, 2.45) is 0 Å². The number of methoxy groups -OCH3 is 2. The van der Waals surface area contributed by atoms with Gasteiger partial charge in [-0.1, -0.05) is 0 Å². The third-order valence-corrected chi connectivity index (χ3v) is 3.73. The van der Waals surface area contributed by atoms with Gasteiger partial charge in [0.05, 0.1) is 25.6 Å². The highest BCUT2D eigenvalue weighted by atomic mass is 16.5. The van der Waals surface area contributed by atoms with Crippen molar-refractivity contribution in [1.82, 2.24) is 0 Å². The van der Waals surface area contributed by atoms with Crippen LogP contribution in [-0.4, -0.2) is 40.1 Å². The standard InChI is InChI=1S/C19H23N3O4/c1-12(23)20-15-10-18(26-5)16(11-17(15)25-4)21-19(24)13-6-8-14(9-7-13)22(2)3/h6-11H,1-5H3,(H,20,23)(H,21,24). The number of nitrogens with one attached hydrogen (secondary N) is 2. The molecule has 2 rings (SSSR count). The van der Waals surface area contributed by atoms with Crippen LogP contribution in [0.1, 0.15) is 17.3 Å². The second kappa shape index (κ2) is 8.24. The lowest BCUT2D eigenvalue weighted by Crippen LogP contribution is -2.14. The zero-order valence-electron chi connectivity index (χ0n) is 15.5. The number of hydrogen-bond donors (Lipinski definition) is 2. The summed E-state index contributed by atoms with van der Waals surface area (Å²) in [6.07, 6.45) is 0. The van der Waals surface area contributed by atoms with Gasteiger partial charge in [-0.05, 0) is 24.3 Å². The number of hydrogen-bond acceptors (Lipinski definition) is 5. The van der Waals surface area contributed by atoms with Gasteiger partial charge in [0.15, 0.2) is 0 Å². The first-order valence-electron chi connectivity index (χ1n) is 7.98. The molecule has 2 aromatic carbocycles. The Morgan fingerprint density at radius 2 is 1.38 bits per heavy atom. The Hall–Kier alpha value is -3.22. The fourth-order valence-electron chi connectivity index (χ4n) is 2.39. The first-order valence-corrected chi connectivity index (χ1v) is 7.98. The van der Waals surface area contributed by atoms with Gasteiger partial charge in [0, 0.05) is 44.4 Å². The van der Waals surface area contributed by atoms with E-state index >= 15 is 0 Å². The minimum atomic E-state index is -0.275. The lowest BCUT2D eigenvalue weighted by atomic mass is 10.1. The number of amides is 2. The molecule has 0 radical (unpaired) electrons. The monoisotopic (exact) mass is 357 g/mol. The lowest BCUT2D eigenvalue weighted by Gasteiger charge is -2.16. The molecule has 0 fully saturated rings. The number of anilines is 3. The quantitative estimate of drug-likeness (QED) is 0.831. The number of rotatable bonds is 6. The highest BCUT2D eigenvalue weighted by Gasteiger charge is 2.15. The summed E-state index contributed by atoms with van der Waals surface area (Å²) < 4.78 is 10.6. The minimum absolute atomic E-state index is 0.233. The van der Waals surface area contributed by atoms with Crippen LogP contribution < -0.4 is 25.0 Å². The molecule has 2 N–H and O–H groups in total. The Kier molecular flexibility index (Phi) is 6.06. The molecule has 0 unspecified atom stereocenters. The normalized spacial score (nSPS) is 10.0. The van der Waals surface area contributed by atoms with Crippen LogP contribution >= 0.6 is 0 Å². The van der Waals surface area contributed by atoms with Crippen LogP contribution in [0.15, 0.2) is 36.4 Å². The second-order valence-corrected chi connectivity index (χ2v) is 5.83. The Balaban J connectivity index is 2.29. The van der Waals surface area contributed by atoms with Crippen molar-refractivity contribution in [3.63, 3.8) is 0 Å². The van der Waals surface area contributed by atoms with Gasteiger partial charge in [0.1, 0.15) is 11.5 Å². The van der Waals surface area contributed by atoms with E-state index in [9.17, 15) is 9.59 Å². The summed E-state index contributed by atoms with van der Waals surface area (Å²) in [5.41, 5.74) is 2.42. The molecule has 26 heavy (non-hydrogen) atoms. The van der Waals surface area contributed by atoms with E-state index < -0.39 is 0 Å². The molecule has 0 saturated carbocycles. The van der Waals surface area contributed by atoms with Gasteiger partial charge >= 0.3 is 0 Å². The van der Waals surface area contributed by atoms with Gasteiger partial charge in [0.2, 0.25) is 5.91 Å². The topological polar surface area (TPSA) is 79.9 Å². The van der Waals surface area contributed by atoms with E-state index in [0.717, 1.165) is 5.69 Å². The fraction of sp³-hybridized carbons (Fsp3) is 0.263. The van der Waals surface area contributed by atoms with Crippen LogP contribution in [0.2, 0.25) is 0 Å². The molecule has 0 saturated heterocycles. The molecule has 138 valence electrons. The van der Waals surface area contributed by atoms with Crippen molar-refractivity contribution >= 4 is 28.9 Å². The Labute approximate surface area is 152 Å². The van der Waals surface area contributed by atoms with Gasteiger partial charge in [-0.3, -0.25) is 9.59 Å². The van der Waals surface area contributed by atoms with Crippen molar-refractivity contribution < 1.29 is 19.1 Å². The van der Waals surface area contributed by atoms with Gasteiger partial charge in [-0.2, -0.15) is 0 Å². The molecule has 0 atom stereocenters. The minimum Gasteiger partial charge on any atom is -0.494 e. The van der Waals surface area contributed by atoms with Gasteiger partial charge < -0.3 is 25.0 Å². The van der Waals surface area contributed by atoms with Crippen molar-refractivity contribution in [2.75, 3.05) is 43.8 Å². The second-order valence-electron chi connectivity index (χ2n) is 5.83. The Bertz CT molecular complexity index is 801. The summed E-state index contributed by atoms with van der Waals surface area (Å²) in [5, 5.41) is 5.48. The van der Waals surface area contributed by atoms with Crippen LogP contribution in [0.5, 0.6) is 11.5 Å². The number of benzene rings is 2. The van der Waals surface area contributed by atoms with E-state index in [4.69, 9.17) is 9.47 Å². The van der Waals surface area contributed by atoms with E-state index in [1.54, 1.807) is 24.3 Å². The third kappa shape index (κ3) is 4.44. The molecule has 0 bridgehead atoms. The highest BCUT2D eigenvalue weighted by molar-refractivity contribution is 6.05. The van der Waals surface area contributed by atoms with Crippen LogP contribution in [-0.2, 0) is 4.79 Å². The van der Waals surface area contributed by atoms with Gasteiger partial charge in [0.25, 0.3) is 5.91 Å². The summed E-state index contributed by atoms with van der Waals surface area (Å²) in [5.74, 6) is 0.318. The highest BCUT2D eigenvalue weighted by Crippen LogP contribution is 2.36. The predicted molar refractivity (Wildman–Crippen MR) is 103 cm³/mol. The largest absolute Gasteiger partial charge is 0.494 e. The number of carbonyl (C=O) groups is 2. The molecule has 0 aliphatic heterocycles. The summed E-state index contributed by atoms with van der Waals surface area (Å²) in [6, 6.07) is 10.4.